The maximum Gasteiger partial charge on any atom is 0.239 e. The van der Waals surface area contributed by atoms with Crippen LogP contribution in [0.25, 0.3) is 0 Å². The third-order valence-electron chi connectivity index (χ3n) is 10.8. The second-order valence-corrected chi connectivity index (χ2v) is 17.1. The number of likely N-dealkylation sites (tertiary alicyclic amines) is 2. The molecule has 1 aromatic rings. The second-order valence-electron chi connectivity index (χ2n) is 14.0. The van der Waals surface area contributed by atoms with Crippen LogP contribution >= 0.6 is 11.3 Å². The van der Waals surface area contributed by atoms with Gasteiger partial charge in [0.15, 0.2) is 6.35 Å². The summed E-state index contributed by atoms with van der Waals surface area (Å²) in [7, 11) is -3.24. The summed E-state index contributed by atoms with van der Waals surface area (Å²) in [5, 5.41) is 23.4. The number of carbonyl (C=O) groups excluding carboxylic acids is 2. The monoisotopic (exact) mass is 680 g/mol. The number of rotatable bonds is 16. The van der Waals surface area contributed by atoms with E-state index in [9.17, 15) is 23.1 Å². The van der Waals surface area contributed by atoms with Crippen LogP contribution in [0.1, 0.15) is 95.3 Å². The smallest absolute Gasteiger partial charge is 0.239 e. The maximum atomic E-state index is 14.1. The minimum atomic E-state index is -3.24. The Labute approximate surface area is 279 Å². The molecule has 1 aromatic heterocycles. The molecule has 0 bridgehead atoms. The van der Waals surface area contributed by atoms with E-state index in [0.717, 1.165) is 56.5 Å². The van der Waals surface area contributed by atoms with Crippen molar-refractivity contribution in [2.24, 2.45) is 11.3 Å². The van der Waals surface area contributed by atoms with Crippen molar-refractivity contribution >= 4 is 33.2 Å². The van der Waals surface area contributed by atoms with Crippen molar-refractivity contribution in [2.45, 2.75) is 121 Å². The first-order chi connectivity index (χ1) is 22.2. The molecular formula is C33H56N6O5S2. The van der Waals surface area contributed by atoms with Crippen LogP contribution in [0, 0.1) is 11.3 Å². The minimum Gasteiger partial charge on any atom is -0.365 e. The number of hydrogen-bond acceptors (Lipinski definition) is 9. The summed E-state index contributed by atoms with van der Waals surface area (Å²) in [6.07, 6.45) is 12.2. The summed E-state index contributed by atoms with van der Waals surface area (Å²) in [6, 6.07) is 3.63. The molecule has 11 nitrogen and oxygen atoms in total. The Bertz CT molecular complexity index is 1210. The van der Waals surface area contributed by atoms with Crippen molar-refractivity contribution in [3.63, 3.8) is 0 Å². The molecule has 2 saturated carbocycles. The number of nitrogens with one attached hydrogen (secondary N) is 4. The fourth-order valence-corrected chi connectivity index (χ4v) is 8.71. The Morgan fingerprint density at radius 1 is 1.04 bits per heavy atom. The lowest BCUT2D eigenvalue weighted by Gasteiger charge is -2.43. The Hall–Kier alpha value is -1.61. The van der Waals surface area contributed by atoms with E-state index in [0.29, 0.717) is 63.3 Å². The molecule has 5 N–H and O–H groups in total. The largest absolute Gasteiger partial charge is 0.365 e. The molecule has 0 radical (unpaired) electrons. The number of nitrogens with zero attached hydrogens (tertiary/aromatic N) is 2. The van der Waals surface area contributed by atoms with Crippen molar-refractivity contribution in [1.29, 1.82) is 0 Å². The van der Waals surface area contributed by atoms with Crippen LogP contribution in [0.3, 0.4) is 0 Å². The molecule has 2 aliphatic carbocycles. The first kappa shape index (κ1) is 35.7. The minimum absolute atomic E-state index is 0.0144. The van der Waals surface area contributed by atoms with E-state index in [-0.39, 0.29) is 29.7 Å². The summed E-state index contributed by atoms with van der Waals surface area (Å²) in [5.41, 5.74) is 0.512. The first-order valence-corrected chi connectivity index (χ1v) is 20.2. The van der Waals surface area contributed by atoms with E-state index in [1.807, 2.05) is 22.4 Å². The van der Waals surface area contributed by atoms with Crippen molar-refractivity contribution in [1.82, 2.24) is 30.5 Å². The van der Waals surface area contributed by atoms with Crippen molar-refractivity contribution in [2.75, 3.05) is 38.5 Å². The second kappa shape index (κ2) is 16.7. The fourth-order valence-electron chi connectivity index (χ4n) is 7.41. The zero-order valence-corrected chi connectivity index (χ0v) is 29.2. The third-order valence-corrected chi connectivity index (χ3v) is 13.0. The first-order valence-electron chi connectivity index (χ1n) is 17.7. The van der Waals surface area contributed by atoms with Gasteiger partial charge in [0, 0.05) is 49.7 Å². The molecule has 46 heavy (non-hydrogen) atoms. The average molecular weight is 681 g/mol. The van der Waals surface area contributed by atoms with Gasteiger partial charge in [0.1, 0.15) is 0 Å². The van der Waals surface area contributed by atoms with Crippen LogP contribution in [0.2, 0.25) is 0 Å². The van der Waals surface area contributed by atoms with E-state index in [1.165, 1.54) is 19.3 Å². The van der Waals surface area contributed by atoms with Gasteiger partial charge in [-0.25, -0.2) is 13.1 Å². The predicted octanol–water partition coefficient (Wildman–Crippen LogP) is 2.72. The Morgan fingerprint density at radius 3 is 2.48 bits per heavy atom. The normalized spacial score (nSPS) is 25.3. The molecule has 4 aliphatic rings. The number of aliphatic hydroxyl groups excluding tert-OH is 1. The Morgan fingerprint density at radius 2 is 1.80 bits per heavy atom. The highest BCUT2D eigenvalue weighted by atomic mass is 32.2. The summed E-state index contributed by atoms with van der Waals surface area (Å²) >= 11 is 1.60. The summed E-state index contributed by atoms with van der Waals surface area (Å²) in [6.45, 7) is 4.95. The molecule has 13 heteroatoms. The Kier molecular flexibility index (Phi) is 12.9. The van der Waals surface area contributed by atoms with E-state index in [2.05, 4.69) is 25.6 Å². The molecule has 4 atom stereocenters. The molecule has 1 spiro atoms. The average Bonchev–Trinajstić information content (AvgIpc) is 3.60. The molecule has 0 aromatic carbocycles. The highest BCUT2D eigenvalue weighted by Crippen LogP contribution is 2.53. The Balaban J connectivity index is 1.22. The van der Waals surface area contributed by atoms with Crippen LogP contribution in [-0.2, 0) is 26.2 Å². The van der Waals surface area contributed by atoms with E-state index < -0.39 is 22.3 Å². The van der Waals surface area contributed by atoms with Gasteiger partial charge >= 0.3 is 0 Å². The van der Waals surface area contributed by atoms with Gasteiger partial charge in [-0.05, 0) is 81.6 Å². The lowest BCUT2D eigenvalue weighted by Crippen LogP contribution is -2.62. The number of hydrogen-bond donors (Lipinski definition) is 5. The summed E-state index contributed by atoms with van der Waals surface area (Å²) in [4.78, 5) is 32.9. The molecule has 4 fully saturated rings. The number of carbonyl (C=O) groups is 2. The van der Waals surface area contributed by atoms with Crippen LogP contribution in [0.5, 0.6) is 0 Å². The van der Waals surface area contributed by atoms with Crippen molar-refractivity contribution < 1.29 is 23.1 Å². The number of sulfonamides is 1. The molecule has 5 rings (SSSR count). The molecule has 2 saturated heterocycles. The lowest BCUT2D eigenvalue weighted by atomic mass is 9.89. The van der Waals surface area contributed by atoms with Crippen LogP contribution in [0.4, 0.5) is 0 Å². The van der Waals surface area contributed by atoms with Gasteiger partial charge in [0.05, 0.1) is 24.3 Å². The topological polar surface area (TPSA) is 143 Å². The number of piperidine rings is 2. The molecule has 3 heterocycles. The van der Waals surface area contributed by atoms with Gasteiger partial charge in [0.2, 0.25) is 21.8 Å². The van der Waals surface area contributed by atoms with Gasteiger partial charge in [-0.1, -0.05) is 31.7 Å². The number of thiophene rings is 1. The molecule has 2 aliphatic heterocycles. The lowest BCUT2D eigenvalue weighted by molar-refractivity contribution is -0.140. The van der Waals surface area contributed by atoms with Gasteiger partial charge in [0.25, 0.3) is 0 Å². The third kappa shape index (κ3) is 10.2. The van der Waals surface area contributed by atoms with Gasteiger partial charge in [-0.3, -0.25) is 19.8 Å². The zero-order chi connectivity index (χ0) is 32.6. The fraction of sp³-hybridized carbons (Fsp3) is 0.818. The van der Waals surface area contributed by atoms with Gasteiger partial charge in [-0.15, -0.1) is 11.3 Å². The highest BCUT2D eigenvalue weighted by molar-refractivity contribution is 7.89. The predicted molar refractivity (Wildman–Crippen MR) is 181 cm³/mol. The number of unbranched alkanes of at least 4 members (excludes halogenated alkanes) is 1. The number of aliphatic hydroxyl groups is 1. The summed E-state index contributed by atoms with van der Waals surface area (Å²) < 4.78 is 26.3. The molecule has 260 valence electrons. The SMILES string of the molecule is CCS(=O)(=O)NCCCC[C@@H](NC1CCCCC1)C(=O)N1CC[C@@H](NC(O)N2CCC3(CC2)CC3)[C@@H](C(=O)NCc2cccs2)C1. The van der Waals surface area contributed by atoms with Crippen molar-refractivity contribution in [3.05, 3.63) is 22.4 Å². The highest BCUT2D eigenvalue weighted by Gasteiger charge is 2.46. The summed E-state index contributed by atoms with van der Waals surface area (Å²) in [5.74, 6) is -0.530. The molecular weight excluding hydrogens is 625 g/mol. The van der Waals surface area contributed by atoms with E-state index in [4.69, 9.17) is 0 Å². The quantitative estimate of drug-likeness (QED) is 0.133. The van der Waals surface area contributed by atoms with Crippen molar-refractivity contribution in [3.8, 4) is 0 Å². The molecule has 2 amide bonds. The van der Waals surface area contributed by atoms with Gasteiger partial charge in [-0.2, -0.15) is 0 Å². The van der Waals surface area contributed by atoms with E-state index in [1.54, 1.807) is 18.3 Å². The zero-order valence-electron chi connectivity index (χ0n) is 27.6. The number of amides is 2. The molecule has 1 unspecified atom stereocenters. The maximum absolute atomic E-state index is 14.1. The van der Waals surface area contributed by atoms with Crippen LogP contribution in [-0.4, -0.2) is 98.1 Å². The van der Waals surface area contributed by atoms with E-state index >= 15 is 0 Å². The van der Waals surface area contributed by atoms with Crippen LogP contribution in [0.15, 0.2) is 17.5 Å². The van der Waals surface area contributed by atoms with Crippen LogP contribution < -0.4 is 20.7 Å². The standard InChI is InChI=1S/C33H56N6O5S2/c1-2-46(43,44)35-18-7-6-12-29(36-25-9-4-3-5-10-25)31(41)39-19-13-28(27(24-39)30(40)34-23-26-11-8-22-45-26)37-32(42)38-20-16-33(14-15-33)17-21-38/h8,11,22,25,27-29,32,35-37,42H,2-7,9-10,12-21,23-24H2,1H3,(H,34,40)/t27-,28+,29+,32?/m0/s1. The van der Waals surface area contributed by atoms with Gasteiger partial charge < -0.3 is 20.6 Å².